The Labute approximate surface area is 99.9 Å². The van der Waals surface area contributed by atoms with Crippen molar-refractivity contribution in [1.82, 2.24) is 5.32 Å². The Kier molecular flexibility index (Phi) is 6.65. The van der Waals surface area contributed by atoms with Crippen molar-refractivity contribution in [2.75, 3.05) is 6.61 Å². The molecule has 0 aromatic rings. The van der Waals surface area contributed by atoms with Crippen molar-refractivity contribution in [1.29, 1.82) is 0 Å². The fraction of sp³-hybridized carbons (Fsp3) is 0.923. The van der Waals surface area contributed by atoms with E-state index in [1.807, 2.05) is 27.7 Å². The monoisotopic (exact) mass is 229 g/mol. The van der Waals surface area contributed by atoms with Gasteiger partial charge in [0.1, 0.15) is 6.61 Å². The van der Waals surface area contributed by atoms with Crippen molar-refractivity contribution >= 4 is 5.91 Å². The smallest absolute Gasteiger partial charge is 0.246 e. The molecule has 1 N–H and O–H groups in total. The molecule has 0 saturated heterocycles. The zero-order chi connectivity index (χ0) is 12.8. The quantitative estimate of drug-likeness (QED) is 0.760. The third kappa shape index (κ3) is 8.72. The number of rotatable bonds is 6. The molecular formula is C13H27NO2. The van der Waals surface area contributed by atoms with Gasteiger partial charge in [-0.05, 0) is 40.0 Å². The van der Waals surface area contributed by atoms with Gasteiger partial charge in [0.2, 0.25) is 5.91 Å². The molecule has 0 aliphatic heterocycles. The van der Waals surface area contributed by atoms with Crippen LogP contribution in [0.3, 0.4) is 0 Å². The zero-order valence-electron chi connectivity index (χ0n) is 11.6. The molecular weight excluding hydrogens is 202 g/mol. The first kappa shape index (κ1) is 15.4. The van der Waals surface area contributed by atoms with E-state index in [-0.39, 0.29) is 24.2 Å². The molecule has 2 atom stereocenters. The molecule has 3 nitrogen and oxygen atoms in total. The zero-order valence-corrected chi connectivity index (χ0v) is 11.6. The van der Waals surface area contributed by atoms with E-state index in [2.05, 4.69) is 19.2 Å². The maximum absolute atomic E-state index is 11.5. The summed E-state index contributed by atoms with van der Waals surface area (Å²) in [6.07, 6.45) is 2.18. The standard InChI is InChI=1S/C13H27NO2/c1-7-10(2)8-11(3)14-12(15)9-16-13(4,5)6/h10-11H,7-9H2,1-6H3,(H,14,15). The van der Waals surface area contributed by atoms with Crippen LogP contribution >= 0.6 is 0 Å². The van der Waals surface area contributed by atoms with Gasteiger partial charge in [-0.25, -0.2) is 0 Å². The minimum Gasteiger partial charge on any atom is -0.366 e. The molecule has 0 aromatic heterocycles. The van der Waals surface area contributed by atoms with Crippen molar-refractivity contribution in [3.05, 3.63) is 0 Å². The number of hydrogen-bond donors (Lipinski definition) is 1. The number of hydrogen-bond acceptors (Lipinski definition) is 2. The Morgan fingerprint density at radius 1 is 1.31 bits per heavy atom. The molecule has 0 fully saturated rings. The van der Waals surface area contributed by atoms with Crippen LogP contribution in [-0.4, -0.2) is 24.2 Å². The summed E-state index contributed by atoms with van der Waals surface area (Å²) in [7, 11) is 0. The van der Waals surface area contributed by atoms with E-state index in [9.17, 15) is 4.79 Å². The van der Waals surface area contributed by atoms with Crippen LogP contribution in [0.2, 0.25) is 0 Å². The Morgan fingerprint density at radius 2 is 1.88 bits per heavy atom. The van der Waals surface area contributed by atoms with Gasteiger partial charge in [-0.2, -0.15) is 0 Å². The van der Waals surface area contributed by atoms with Gasteiger partial charge in [0.15, 0.2) is 0 Å². The summed E-state index contributed by atoms with van der Waals surface area (Å²) in [6, 6.07) is 0.228. The average Bonchev–Trinajstić information content (AvgIpc) is 2.13. The van der Waals surface area contributed by atoms with Crippen LogP contribution in [0.4, 0.5) is 0 Å². The van der Waals surface area contributed by atoms with Gasteiger partial charge >= 0.3 is 0 Å². The van der Waals surface area contributed by atoms with Crippen LogP contribution in [0.15, 0.2) is 0 Å². The highest BCUT2D eigenvalue weighted by Crippen LogP contribution is 2.09. The van der Waals surface area contributed by atoms with E-state index in [1.165, 1.54) is 0 Å². The van der Waals surface area contributed by atoms with Gasteiger partial charge in [-0.1, -0.05) is 20.3 Å². The molecule has 0 aliphatic rings. The first-order valence-corrected chi connectivity index (χ1v) is 6.18. The SMILES string of the molecule is CCC(C)CC(C)NC(=O)COC(C)(C)C. The normalized spacial score (nSPS) is 15.6. The summed E-state index contributed by atoms with van der Waals surface area (Å²) in [4.78, 5) is 11.5. The molecule has 0 heterocycles. The van der Waals surface area contributed by atoms with Crippen molar-refractivity contribution in [2.45, 2.75) is 66.0 Å². The van der Waals surface area contributed by atoms with Gasteiger partial charge in [-0.15, -0.1) is 0 Å². The molecule has 16 heavy (non-hydrogen) atoms. The summed E-state index contributed by atoms with van der Waals surface area (Å²) in [5.41, 5.74) is -0.253. The molecule has 0 radical (unpaired) electrons. The van der Waals surface area contributed by atoms with Crippen molar-refractivity contribution in [2.24, 2.45) is 5.92 Å². The molecule has 0 aromatic carbocycles. The number of ether oxygens (including phenoxy) is 1. The highest BCUT2D eigenvalue weighted by atomic mass is 16.5. The van der Waals surface area contributed by atoms with Gasteiger partial charge in [0.25, 0.3) is 0 Å². The minimum atomic E-state index is -0.253. The molecule has 0 rings (SSSR count). The first-order valence-electron chi connectivity index (χ1n) is 6.18. The third-order valence-corrected chi connectivity index (χ3v) is 2.50. The summed E-state index contributed by atoms with van der Waals surface area (Å²) in [6.45, 7) is 12.4. The fourth-order valence-corrected chi connectivity index (χ4v) is 1.43. The highest BCUT2D eigenvalue weighted by Gasteiger charge is 2.15. The van der Waals surface area contributed by atoms with Gasteiger partial charge < -0.3 is 10.1 Å². The topological polar surface area (TPSA) is 38.3 Å². The Hall–Kier alpha value is -0.570. The Bertz CT molecular complexity index is 208. The van der Waals surface area contributed by atoms with Crippen LogP contribution < -0.4 is 5.32 Å². The van der Waals surface area contributed by atoms with Crippen molar-refractivity contribution in [3.8, 4) is 0 Å². The number of carbonyl (C=O) groups is 1. The fourth-order valence-electron chi connectivity index (χ4n) is 1.43. The lowest BCUT2D eigenvalue weighted by molar-refractivity contribution is -0.131. The van der Waals surface area contributed by atoms with Gasteiger partial charge in [0, 0.05) is 6.04 Å². The van der Waals surface area contributed by atoms with Gasteiger partial charge in [-0.3, -0.25) is 4.79 Å². The molecule has 0 aliphatic carbocycles. The maximum atomic E-state index is 11.5. The van der Waals surface area contributed by atoms with E-state index in [0.717, 1.165) is 12.8 Å². The molecule has 0 saturated carbocycles. The van der Waals surface area contributed by atoms with E-state index in [0.29, 0.717) is 5.92 Å². The number of amides is 1. The second kappa shape index (κ2) is 6.89. The van der Waals surface area contributed by atoms with Crippen molar-refractivity contribution in [3.63, 3.8) is 0 Å². The summed E-state index contributed by atoms with van der Waals surface area (Å²) in [5, 5.41) is 2.95. The molecule has 0 bridgehead atoms. The first-order chi connectivity index (χ1) is 7.24. The van der Waals surface area contributed by atoms with Crippen LogP contribution in [0, 0.1) is 5.92 Å². The number of nitrogens with one attached hydrogen (secondary N) is 1. The van der Waals surface area contributed by atoms with E-state index in [1.54, 1.807) is 0 Å². The molecule has 1 amide bonds. The molecule has 3 heteroatoms. The average molecular weight is 229 g/mol. The maximum Gasteiger partial charge on any atom is 0.246 e. The Balaban J connectivity index is 3.79. The van der Waals surface area contributed by atoms with Crippen LogP contribution in [-0.2, 0) is 9.53 Å². The third-order valence-electron chi connectivity index (χ3n) is 2.50. The summed E-state index contributed by atoms with van der Waals surface area (Å²) in [5.74, 6) is 0.629. The molecule has 2 unspecified atom stereocenters. The van der Waals surface area contributed by atoms with E-state index < -0.39 is 0 Å². The van der Waals surface area contributed by atoms with Crippen molar-refractivity contribution < 1.29 is 9.53 Å². The Morgan fingerprint density at radius 3 is 2.31 bits per heavy atom. The predicted molar refractivity (Wildman–Crippen MR) is 67.4 cm³/mol. The van der Waals surface area contributed by atoms with Crippen LogP contribution in [0.1, 0.15) is 54.4 Å². The summed E-state index contributed by atoms with van der Waals surface area (Å²) < 4.78 is 5.41. The molecule has 0 spiro atoms. The van der Waals surface area contributed by atoms with E-state index in [4.69, 9.17) is 4.74 Å². The highest BCUT2D eigenvalue weighted by molar-refractivity contribution is 5.77. The lowest BCUT2D eigenvalue weighted by Crippen LogP contribution is -2.38. The minimum absolute atomic E-state index is 0.0225. The molecule has 96 valence electrons. The largest absolute Gasteiger partial charge is 0.366 e. The predicted octanol–water partition coefficient (Wildman–Crippen LogP) is 2.74. The second-order valence-electron chi connectivity index (χ2n) is 5.62. The number of carbonyl (C=O) groups excluding carboxylic acids is 1. The lowest BCUT2D eigenvalue weighted by atomic mass is 10.0. The lowest BCUT2D eigenvalue weighted by Gasteiger charge is -2.21. The van der Waals surface area contributed by atoms with Crippen LogP contribution in [0.5, 0.6) is 0 Å². The van der Waals surface area contributed by atoms with E-state index >= 15 is 0 Å². The summed E-state index contributed by atoms with van der Waals surface area (Å²) >= 11 is 0. The van der Waals surface area contributed by atoms with Crippen LogP contribution in [0.25, 0.3) is 0 Å². The second-order valence-corrected chi connectivity index (χ2v) is 5.62. The van der Waals surface area contributed by atoms with Gasteiger partial charge in [0.05, 0.1) is 5.60 Å².